The lowest BCUT2D eigenvalue weighted by atomic mass is 10.2. The minimum atomic E-state index is -1.02. The summed E-state index contributed by atoms with van der Waals surface area (Å²) in [5.41, 5.74) is 0. The van der Waals surface area contributed by atoms with Crippen LogP contribution >= 0.6 is 0 Å². The van der Waals surface area contributed by atoms with Crippen molar-refractivity contribution in [3.05, 3.63) is 0 Å². The summed E-state index contributed by atoms with van der Waals surface area (Å²) in [6.07, 6.45) is 0.460. The molecule has 6 heteroatoms. The number of carboxylic acids is 1. The molecule has 0 aliphatic carbocycles. The third-order valence-corrected chi connectivity index (χ3v) is 3.09. The number of carbonyl (C=O) groups is 1. The third-order valence-electron chi connectivity index (χ3n) is 1.79. The first-order valence-electron chi connectivity index (χ1n) is 4.36. The van der Waals surface area contributed by atoms with E-state index in [4.69, 9.17) is 10.2 Å². The first-order valence-corrected chi connectivity index (χ1v) is 5.98. The molecule has 5 nitrogen and oxygen atoms in total. The van der Waals surface area contributed by atoms with Crippen LogP contribution in [0.15, 0.2) is 0 Å². The second-order valence-electron chi connectivity index (χ2n) is 3.22. The Morgan fingerprint density at radius 2 is 2.07 bits per heavy atom. The molecule has 0 aromatic carbocycles. The van der Waals surface area contributed by atoms with Crippen LogP contribution < -0.4 is 5.32 Å². The maximum atomic E-state index is 10.9. The topological polar surface area (TPSA) is 86.6 Å². The van der Waals surface area contributed by atoms with Gasteiger partial charge in [0.1, 0.15) is 0 Å². The van der Waals surface area contributed by atoms with E-state index in [2.05, 4.69) is 5.32 Å². The summed E-state index contributed by atoms with van der Waals surface area (Å²) in [6.45, 7) is 2.56. The Morgan fingerprint density at radius 1 is 1.50 bits per heavy atom. The molecular weight excluding hydrogens is 206 g/mol. The molecule has 0 bridgehead atoms. The van der Waals surface area contributed by atoms with Crippen LogP contribution in [0.25, 0.3) is 0 Å². The highest BCUT2D eigenvalue weighted by atomic mass is 32.2. The predicted molar refractivity (Wildman–Crippen MR) is 54.7 cm³/mol. The van der Waals surface area contributed by atoms with Crippen LogP contribution in [0.3, 0.4) is 0 Å². The van der Waals surface area contributed by atoms with Crippen LogP contribution in [-0.2, 0) is 15.6 Å². The molecule has 0 rings (SSSR count). The molecule has 0 aliphatic rings. The average molecular weight is 223 g/mol. The van der Waals surface area contributed by atoms with Crippen molar-refractivity contribution in [1.82, 2.24) is 5.32 Å². The molecule has 0 radical (unpaired) electrons. The Bertz CT molecular complexity index is 210. The van der Waals surface area contributed by atoms with Gasteiger partial charge in [-0.15, -0.1) is 0 Å². The standard InChI is InChI=1S/C8H17NO4S/c1-6(14(2)13)4-9-5-7(10)3-8(11)12/h6-7,9-10H,3-5H2,1-2H3,(H,11,12). The van der Waals surface area contributed by atoms with Crippen LogP contribution in [-0.4, -0.2) is 51.1 Å². The van der Waals surface area contributed by atoms with Crippen molar-refractivity contribution < 1.29 is 19.2 Å². The van der Waals surface area contributed by atoms with Gasteiger partial charge < -0.3 is 15.5 Å². The molecule has 84 valence electrons. The summed E-state index contributed by atoms with van der Waals surface area (Å²) in [4.78, 5) is 10.2. The van der Waals surface area contributed by atoms with E-state index in [0.29, 0.717) is 6.54 Å². The van der Waals surface area contributed by atoms with Crippen LogP contribution in [0.1, 0.15) is 13.3 Å². The number of hydrogen-bond donors (Lipinski definition) is 3. The minimum absolute atomic E-state index is 0.00651. The van der Waals surface area contributed by atoms with Crippen LogP contribution in [0.4, 0.5) is 0 Å². The molecule has 0 saturated carbocycles. The normalized spacial score (nSPS) is 17.4. The number of nitrogens with one attached hydrogen (secondary N) is 1. The summed E-state index contributed by atoms with van der Waals surface area (Å²) in [5, 5.41) is 20.4. The zero-order valence-electron chi connectivity index (χ0n) is 8.40. The Morgan fingerprint density at radius 3 is 2.50 bits per heavy atom. The minimum Gasteiger partial charge on any atom is -0.481 e. The summed E-state index contributed by atoms with van der Waals surface area (Å²) < 4.78 is 10.9. The molecule has 0 aliphatic heterocycles. The molecule has 3 N–H and O–H groups in total. The van der Waals surface area contributed by atoms with Gasteiger partial charge in [-0.1, -0.05) is 0 Å². The van der Waals surface area contributed by atoms with Crippen molar-refractivity contribution in [2.24, 2.45) is 0 Å². The second-order valence-corrected chi connectivity index (χ2v) is 5.02. The van der Waals surface area contributed by atoms with Crippen molar-refractivity contribution in [3.8, 4) is 0 Å². The van der Waals surface area contributed by atoms with E-state index >= 15 is 0 Å². The van der Waals surface area contributed by atoms with Crippen molar-refractivity contribution in [2.75, 3.05) is 19.3 Å². The highest BCUT2D eigenvalue weighted by molar-refractivity contribution is 7.84. The molecule has 0 saturated heterocycles. The fraction of sp³-hybridized carbons (Fsp3) is 0.875. The summed E-state index contributed by atoms with van der Waals surface area (Å²) in [7, 11) is -0.896. The van der Waals surface area contributed by atoms with Gasteiger partial charge >= 0.3 is 5.97 Å². The molecule has 0 aromatic heterocycles. The maximum absolute atomic E-state index is 10.9. The van der Waals surface area contributed by atoms with Gasteiger partial charge in [-0.3, -0.25) is 9.00 Å². The Hall–Kier alpha value is -0.460. The van der Waals surface area contributed by atoms with E-state index in [9.17, 15) is 9.00 Å². The molecule has 3 atom stereocenters. The van der Waals surface area contributed by atoms with Crippen molar-refractivity contribution in [2.45, 2.75) is 24.7 Å². The third kappa shape index (κ3) is 6.99. The van der Waals surface area contributed by atoms with Crippen molar-refractivity contribution >= 4 is 16.8 Å². The van der Waals surface area contributed by atoms with Crippen LogP contribution in [0, 0.1) is 0 Å². The highest BCUT2D eigenvalue weighted by Gasteiger charge is 2.10. The zero-order valence-corrected chi connectivity index (χ0v) is 9.21. The van der Waals surface area contributed by atoms with Gasteiger partial charge in [0, 0.05) is 35.4 Å². The lowest BCUT2D eigenvalue weighted by Gasteiger charge is -2.12. The smallest absolute Gasteiger partial charge is 0.306 e. The van der Waals surface area contributed by atoms with Crippen LogP contribution in [0.2, 0.25) is 0 Å². The Balaban J connectivity index is 3.53. The fourth-order valence-electron chi connectivity index (χ4n) is 0.844. The monoisotopic (exact) mass is 223 g/mol. The van der Waals surface area contributed by atoms with Gasteiger partial charge in [-0.05, 0) is 6.92 Å². The Kier molecular flexibility index (Phi) is 6.69. The quantitative estimate of drug-likeness (QED) is 0.525. The largest absolute Gasteiger partial charge is 0.481 e. The number of carboxylic acid groups (broad SMARTS) is 1. The lowest BCUT2D eigenvalue weighted by Crippen LogP contribution is -2.34. The summed E-state index contributed by atoms with van der Waals surface area (Å²) >= 11 is 0. The molecule has 0 heterocycles. The SMILES string of the molecule is CC(CNCC(O)CC(=O)O)S(C)=O. The predicted octanol–water partition coefficient (Wildman–Crippen LogP) is -0.821. The fourth-order valence-corrected chi connectivity index (χ4v) is 1.20. The summed E-state index contributed by atoms with van der Waals surface area (Å²) in [5.74, 6) is -1.02. The number of aliphatic hydroxyl groups is 1. The van der Waals surface area contributed by atoms with Crippen molar-refractivity contribution in [1.29, 1.82) is 0 Å². The zero-order chi connectivity index (χ0) is 11.1. The first kappa shape index (κ1) is 13.5. The van der Waals surface area contributed by atoms with E-state index < -0.39 is 22.9 Å². The van der Waals surface area contributed by atoms with E-state index in [1.165, 1.54) is 0 Å². The molecular formula is C8H17NO4S. The van der Waals surface area contributed by atoms with E-state index in [-0.39, 0.29) is 18.2 Å². The Labute approximate surface area is 86.0 Å². The number of hydrogen-bond acceptors (Lipinski definition) is 4. The molecule has 0 spiro atoms. The van der Waals surface area contributed by atoms with Gasteiger partial charge in [0.25, 0.3) is 0 Å². The second kappa shape index (κ2) is 6.92. The van der Waals surface area contributed by atoms with E-state index in [0.717, 1.165) is 0 Å². The van der Waals surface area contributed by atoms with Gasteiger partial charge in [-0.25, -0.2) is 0 Å². The average Bonchev–Trinajstić information content (AvgIpc) is 2.02. The lowest BCUT2D eigenvalue weighted by molar-refractivity contribution is -0.139. The number of aliphatic carboxylic acids is 1. The first-order chi connectivity index (χ1) is 6.43. The number of aliphatic hydroxyl groups excluding tert-OH is 1. The molecule has 14 heavy (non-hydrogen) atoms. The van der Waals surface area contributed by atoms with Gasteiger partial charge in [-0.2, -0.15) is 0 Å². The molecule has 0 fully saturated rings. The van der Waals surface area contributed by atoms with Crippen molar-refractivity contribution in [3.63, 3.8) is 0 Å². The van der Waals surface area contributed by atoms with E-state index in [1.807, 2.05) is 6.92 Å². The summed E-state index contributed by atoms with van der Waals surface area (Å²) in [6, 6.07) is 0. The van der Waals surface area contributed by atoms with Crippen LogP contribution in [0.5, 0.6) is 0 Å². The molecule has 0 amide bonds. The highest BCUT2D eigenvalue weighted by Crippen LogP contribution is 1.92. The molecule has 3 unspecified atom stereocenters. The van der Waals surface area contributed by atoms with Gasteiger partial charge in [0.2, 0.25) is 0 Å². The van der Waals surface area contributed by atoms with Gasteiger partial charge in [0.05, 0.1) is 12.5 Å². The number of rotatable bonds is 7. The maximum Gasteiger partial charge on any atom is 0.306 e. The molecule has 0 aromatic rings. The van der Waals surface area contributed by atoms with Gasteiger partial charge in [0.15, 0.2) is 0 Å². The van der Waals surface area contributed by atoms with E-state index in [1.54, 1.807) is 6.26 Å².